The zero-order valence-corrected chi connectivity index (χ0v) is 40.5. The second kappa shape index (κ2) is 23.2. The van der Waals surface area contributed by atoms with Crippen LogP contribution in [0.4, 0.5) is 27.2 Å². The number of methoxy groups -OCH3 is 2. The molecule has 21 heteroatoms. The molecular formula is C46H64N10O10S. The predicted molar refractivity (Wildman–Crippen MR) is 253 cm³/mol. The van der Waals surface area contributed by atoms with Gasteiger partial charge in [-0.2, -0.15) is 4.98 Å². The summed E-state index contributed by atoms with van der Waals surface area (Å²) in [6.07, 6.45) is 5.23. The molecule has 2 aromatic heterocycles. The van der Waals surface area contributed by atoms with Crippen molar-refractivity contribution in [3.63, 3.8) is 0 Å². The number of nitrogens with one attached hydrogen (secondary N) is 1. The van der Waals surface area contributed by atoms with Crippen LogP contribution >= 0.6 is 0 Å². The fourth-order valence-corrected chi connectivity index (χ4v) is 7.26. The van der Waals surface area contributed by atoms with Gasteiger partial charge in [0.15, 0.2) is 0 Å². The van der Waals surface area contributed by atoms with Crippen LogP contribution in [0.2, 0.25) is 0 Å². The molecular weight excluding hydrogens is 885 g/mol. The molecule has 2 aliphatic heterocycles. The number of benzene rings is 2. The largest absolute Gasteiger partial charge is 0.496 e. The number of para-hydroxylation sites is 2. The molecule has 7 N–H and O–H groups in total. The van der Waals surface area contributed by atoms with Gasteiger partial charge in [0.25, 0.3) is 0 Å². The van der Waals surface area contributed by atoms with E-state index in [0.717, 1.165) is 45.0 Å². The van der Waals surface area contributed by atoms with Crippen LogP contribution in [-0.4, -0.2) is 131 Å². The van der Waals surface area contributed by atoms with E-state index < -0.39 is 26.8 Å². The first-order valence-corrected chi connectivity index (χ1v) is 23.4. The lowest BCUT2D eigenvalue weighted by molar-refractivity contribution is 0.0197. The van der Waals surface area contributed by atoms with E-state index in [1.165, 1.54) is 27.3 Å². The van der Waals surface area contributed by atoms with Crippen LogP contribution in [-0.2, 0) is 19.3 Å². The van der Waals surface area contributed by atoms with E-state index >= 15 is 0 Å². The van der Waals surface area contributed by atoms with E-state index in [-0.39, 0.29) is 63.7 Å². The van der Waals surface area contributed by atoms with Gasteiger partial charge in [-0.3, -0.25) is 9.59 Å². The predicted octanol–water partition coefficient (Wildman–Crippen LogP) is 5.55. The van der Waals surface area contributed by atoms with Gasteiger partial charge in [-0.15, -0.1) is 0 Å². The lowest BCUT2D eigenvalue weighted by atomic mass is 10.0. The lowest BCUT2D eigenvalue weighted by Crippen LogP contribution is -2.44. The first-order chi connectivity index (χ1) is 31.5. The normalized spacial score (nSPS) is 14.6. The number of amides is 2. The van der Waals surface area contributed by atoms with Gasteiger partial charge in [-0.1, -0.05) is 31.2 Å². The average Bonchev–Trinajstić information content (AvgIpc) is 3.28. The summed E-state index contributed by atoms with van der Waals surface area (Å²) >= 11 is 0. The third-order valence-corrected chi connectivity index (χ3v) is 11.6. The Morgan fingerprint density at radius 3 is 1.49 bits per heavy atom. The number of nitrogens with zero attached hydrogens (tertiary/aromatic N) is 6. The Morgan fingerprint density at radius 1 is 0.672 bits per heavy atom. The topological polar surface area (TPSA) is 287 Å². The fourth-order valence-electron chi connectivity index (χ4n) is 6.55. The van der Waals surface area contributed by atoms with Crippen molar-refractivity contribution < 1.29 is 46.5 Å². The molecule has 2 saturated heterocycles. The van der Waals surface area contributed by atoms with Gasteiger partial charge in [-0.05, 0) is 91.5 Å². The molecule has 0 aliphatic carbocycles. The first kappa shape index (κ1) is 53.0. The number of carbonyl (C=O) groups excluding carboxylic acids is 4. The van der Waals surface area contributed by atoms with E-state index in [4.69, 9.17) is 36.1 Å². The first-order valence-electron chi connectivity index (χ1n) is 21.8. The minimum Gasteiger partial charge on any atom is -0.496 e. The highest BCUT2D eigenvalue weighted by atomic mass is 32.2. The Labute approximate surface area is 392 Å². The van der Waals surface area contributed by atoms with Crippen molar-refractivity contribution in [2.45, 2.75) is 103 Å². The number of hydrogen-bond acceptors (Lipinski definition) is 18. The number of rotatable bonds is 10. The van der Waals surface area contributed by atoms with Crippen molar-refractivity contribution in [1.29, 1.82) is 0 Å². The van der Waals surface area contributed by atoms with E-state index in [2.05, 4.69) is 25.3 Å². The molecule has 0 atom stereocenters. The summed E-state index contributed by atoms with van der Waals surface area (Å²) in [6.45, 7) is 15.2. The second-order valence-electron chi connectivity index (χ2n) is 17.6. The number of anilines is 3. The smallest absolute Gasteiger partial charge is 0.410 e. The number of hydrogen-bond donors (Lipinski definition) is 4. The van der Waals surface area contributed by atoms with Gasteiger partial charge in [0.05, 0.1) is 42.2 Å². The number of carbonyl (C=O) groups is 4. The molecule has 2 aromatic carbocycles. The minimum atomic E-state index is -3.58. The molecule has 4 heterocycles. The minimum absolute atomic E-state index is 0.0274. The number of piperidine rings is 2. The number of sulfone groups is 1. The summed E-state index contributed by atoms with van der Waals surface area (Å²) in [5.41, 5.74) is 17.5. The third kappa shape index (κ3) is 15.5. The van der Waals surface area contributed by atoms with E-state index in [1.54, 1.807) is 58.3 Å². The lowest BCUT2D eigenvalue weighted by Gasteiger charge is -2.33. The molecule has 364 valence electrons. The zero-order valence-electron chi connectivity index (χ0n) is 39.7. The number of nitrogen functional groups attached to an aromatic ring is 2. The van der Waals surface area contributed by atoms with Crippen molar-refractivity contribution in [1.82, 2.24) is 29.7 Å². The highest BCUT2D eigenvalue weighted by Gasteiger charge is 2.29. The molecule has 2 aliphatic rings. The summed E-state index contributed by atoms with van der Waals surface area (Å²) in [5.74, 6) is 0.236. The van der Waals surface area contributed by atoms with Crippen LogP contribution in [0.1, 0.15) is 106 Å². The van der Waals surface area contributed by atoms with Gasteiger partial charge in [0, 0.05) is 50.7 Å². The van der Waals surface area contributed by atoms with Crippen molar-refractivity contribution in [3.05, 3.63) is 83.2 Å². The maximum absolute atomic E-state index is 12.8. The number of ether oxygens (including phenoxy) is 4. The monoisotopic (exact) mass is 948 g/mol. The molecule has 0 saturated carbocycles. The molecule has 0 radical (unpaired) electrons. The van der Waals surface area contributed by atoms with E-state index in [0.29, 0.717) is 41.7 Å². The van der Waals surface area contributed by atoms with Crippen LogP contribution in [0.15, 0.2) is 66.1 Å². The SMILES string of the molecule is CC(C)(C)OC(=O)N1CCC(N)CC1.CCS(=O)(=O)c1ncc(C(=O)c2ccccc2OC)c(N)n1.COc1ccccc1C(=O)c1cnc(NC2CCN(C(=O)OC(C)(C)C)CC2)nc1N. The quantitative estimate of drug-likeness (QED) is 0.112. The highest BCUT2D eigenvalue weighted by molar-refractivity contribution is 7.91. The van der Waals surface area contributed by atoms with Gasteiger partial charge in [0.1, 0.15) is 34.3 Å². The molecule has 6 rings (SSSR count). The van der Waals surface area contributed by atoms with Gasteiger partial charge in [-0.25, -0.2) is 33.0 Å². The van der Waals surface area contributed by atoms with Crippen LogP contribution in [0.5, 0.6) is 11.5 Å². The number of nitrogens with two attached hydrogens (primary N) is 3. The molecule has 0 unspecified atom stereocenters. The number of likely N-dealkylation sites (tertiary alicyclic amines) is 2. The van der Waals surface area contributed by atoms with Crippen molar-refractivity contribution >= 4 is 51.2 Å². The molecule has 20 nitrogen and oxygen atoms in total. The summed E-state index contributed by atoms with van der Waals surface area (Å²) < 4.78 is 44.5. The Bertz CT molecular complexity index is 2460. The number of aromatic nitrogens is 4. The van der Waals surface area contributed by atoms with Crippen LogP contribution in [0, 0.1) is 0 Å². The summed E-state index contributed by atoms with van der Waals surface area (Å²) in [6, 6.07) is 13.9. The van der Waals surface area contributed by atoms with Crippen LogP contribution in [0.3, 0.4) is 0 Å². The molecule has 0 spiro atoms. The molecule has 4 aromatic rings. The fraction of sp³-hybridized carbons (Fsp3) is 0.478. The van der Waals surface area contributed by atoms with Crippen molar-refractivity contribution in [3.8, 4) is 11.5 Å². The summed E-state index contributed by atoms with van der Waals surface area (Å²) in [5, 5.41) is 2.86. The second-order valence-corrected chi connectivity index (χ2v) is 19.8. The van der Waals surface area contributed by atoms with Gasteiger partial charge >= 0.3 is 12.2 Å². The third-order valence-electron chi connectivity index (χ3n) is 10.1. The molecule has 0 bridgehead atoms. The van der Waals surface area contributed by atoms with Crippen molar-refractivity contribution in [2.75, 3.05) is 62.9 Å². The zero-order chi connectivity index (χ0) is 49.7. The maximum atomic E-state index is 12.8. The number of ketones is 2. The van der Waals surface area contributed by atoms with Crippen LogP contribution in [0.25, 0.3) is 0 Å². The molecule has 2 fully saturated rings. The van der Waals surface area contributed by atoms with Crippen molar-refractivity contribution in [2.24, 2.45) is 5.73 Å². The molecule has 2 amide bonds. The summed E-state index contributed by atoms with van der Waals surface area (Å²) in [7, 11) is -0.624. The van der Waals surface area contributed by atoms with E-state index in [1.807, 2.05) is 41.5 Å². The Balaban J connectivity index is 0.000000237. The Morgan fingerprint density at radius 2 is 1.09 bits per heavy atom. The van der Waals surface area contributed by atoms with Gasteiger partial charge in [0.2, 0.25) is 32.5 Å². The molecule has 67 heavy (non-hydrogen) atoms. The maximum Gasteiger partial charge on any atom is 0.410 e. The Kier molecular flexibility index (Phi) is 18.4. The Hall–Kier alpha value is -6.61. The standard InChI is InChI=1S/C22H29N5O4.C14H15N3O4S.C10H20N2O2/c1-22(2,3)31-21(29)27-11-9-14(10-12-27)25-20-24-13-16(19(23)26-20)18(28)15-7-5-6-8-17(15)30-4;1-3-22(19,20)14-16-8-10(13(15)17-14)12(18)9-6-4-5-7-11(9)21-2;1-10(2,3)14-9(13)12-6-4-8(11)5-7-12/h5-8,13-14H,9-12H2,1-4H3,(H3,23,24,25,26);4-8H,3H2,1-2H3,(H2,15,16,17);8H,4-7,11H2,1-3H3. The van der Waals surface area contributed by atoms with Gasteiger partial charge < -0.3 is 51.3 Å². The van der Waals surface area contributed by atoms with Crippen LogP contribution < -0.4 is 32.0 Å². The van der Waals surface area contributed by atoms with E-state index in [9.17, 15) is 27.6 Å². The highest BCUT2D eigenvalue weighted by Crippen LogP contribution is 2.26. The summed E-state index contributed by atoms with van der Waals surface area (Å²) in [4.78, 5) is 68.5. The average molecular weight is 949 g/mol.